The minimum Gasteiger partial charge on any atom is -0.352 e. The Morgan fingerprint density at radius 1 is 1.06 bits per heavy atom. The minimum absolute atomic E-state index is 0.0508. The number of carbonyl (C=O) groups is 2. The Bertz CT molecular complexity index is 1150. The van der Waals surface area contributed by atoms with Crippen LogP contribution in [0, 0.1) is 13.8 Å². The van der Waals surface area contributed by atoms with Crippen molar-refractivity contribution in [3.8, 4) is 0 Å². The molecule has 0 aromatic heterocycles. The van der Waals surface area contributed by atoms with Crippen LogP contribution in [0.25, 0.3) is 0 Å². The Morgan fingerprint density at radius 3 is 2.34 bits per heavy atom. The van der Waals surface area contributed by atoms with Gasteiger partial charge in [-0.25, -0.2) is 8.42 Å². The van der Waals surface area contributed by atoms with Crippen molar-refractivity contribution in [1.82, 2.24) is 10.2 Å². The molecule has 2 amide bonds. The van der Waals surface area contributed by atoms with E-state index < -0.39 is 16.1 Å². The SMILES string of the molecule is Cc1cccc(CN(C(=O)CCCN(c2cc(Cl)ccc2C)S(C)(=O)=O)C(C)C(=O)NC(C)C)c1. The summed E-state index contributed by atoms with van der Waals surface area (Å²) in [5.74, 6) is -0.442. The molecule has 1 atom stereocenters. The van der Waals surface area contributed by atoms with Gasteiger partial charge in [0.2, 0.25) is 21.8 Å². The maximum atomic E-state index is 13.3. The lowest BCUT2D eigenvalue weighted by atomic mass is 10.1. The van der Waals surface area contributed by atoms with Gasteiger partial charge in [-0.1, -0.05) is 47.5 Å². The molecule has 0 spiro atoms. The van der Waals surface area contributed by atoms with Gasteiger partial charge < -0.3 is 10.2 Å². The summed E-state index contributed by atoms with van der Waals surface area (Å²) in [6.45, 7) is 9.65. The van der Waals surface area contributed by atoms with E-state index in [4.69, 9.17) is 11.6 Å². The Hall–Kier alpha value is -2.58. The van der Waals surface area contributed by atoms with Crippen LogP contribution in [0.15, 0.2) is 42.5 Å². The first-order valence-corrected chi connectivity index (χ1v) is 13.9. The molecule has 7 nitrogen and oxygen atoms in total. The third-order valence-electron chi connectivity index (χ3n) is 5.63. The summed E-state index contributed by atoms with van der Waals surface area (Å²) in [5.41, 5.74) is 3.25. The number of hydrogen-bond donors (Lipinski definition) is 1. The van der Waals surface area contributed by atoms with Crippen LogP contribution in [0.4, 0.5) is 5.69 Å². The number of nitrogens with zero attached hydrogens (tertiary/aromatic N) is 2. The topological polar surface area (TPSA) is 86.8 Å². The molecule has 192 valence electrons. The second-order valence-corrected chi connectivity index (χ2v) is 11.6. The lowest BCUT2D eigenvalue weighted by Gasteiger charge is -2.30. The predicted molar refractivity (Wildman–Crippen MR) is 142 cm³/mol. The molecule has 0 saturated heterocycles. The molecule has 1 N–H and O–H groups in total. The van der Waals surface area contributed by atoms with Crippen LogP contribution in [-0.4, -0.2) is 50.0 Å². The van der Waals surface area contributed by atoms with E-state index in [9.17, 15) is 18.0 Å². The second-order valence-electron chi connectivity index (χ2n) is 9.22. The van der Waals surface area contributed by atoms with Gasteiger partial charge in [-0.2, -0.15) is 0 Å². The molecule has 0 aliphatic carbocycles. The zero-order valence-corrected chi connectivity index (χ0v) is 22.9. The zero-order valence-electron chi connectivity index (χ0n) is 21.3. The molecular formula is C26H36ClN3O4S. The standard InChI is InChI=1S/C26H36ClN3O4S/c1-18(2)28-26(32)21(5)29(17-22-10-7-9-19(3)15-22)25(31)11-8-14-30(35(6,33)34)24-16-23(27)13-12-20(24)4/h7,9-10,12-13,15-16,18,21H,8,11,14,17H2,1-6H3,(H,28,32). The van der Waals surface area contributed by atoms with Gasteiger partial charge in [0.25, 0.3) is 0 Å². The average molecular weight is 522 g/mol. The number of aryl methyl sites for hydroxylation is 2. The highest BCUT2D eigenvalue weighted by molar-refractivity contribution is 7.92. The van der Waals surface area contributed by atoms with E-state index >= 15 is 0 Å². The summed E-state index contributed by atoms with van der Waals surface area (Å²) in [6.07, 6.45) is 1.52. The van der Waals surface area contributed by atoms with Gasteiger partial charge in [0.1, 0.15) is 6.04 Å². The van der Waals surface area contributed by atoms with Crippen molar-refractivity contribution in [3.05, 3.63) is 64.2 Å². The Balaban J connectivity index is 2.21. The van der Waals surface area contributed by atoms with Crippen LogP contribution in [0.3, 0.4) is 0 Å². The van der Waals surface area contributed by atoms with Gasteiger partial charge >= 0.3 is 0 Å². The molecular weight excluding hydrogens is 486 g/mol. The van der Waals surface area contributed by atoms with Crippen molar-refractivity contribution in [2.75, 3.05) is 17.1 Å². The van der Waals surface area contributed by atoms with Gasteiger partial charge in [-0.3, -0.25) is 13.9 Å². The number of anilines is 1. The molecule has 35 heavy (non-hydrogen) atoms. The number of halogens is 1. The quantitative estimate of drug-likeness (QED) is 0.473. The molecule has 0 bridgehead atoms. The summed E-state index contributed by atoms with van der Waals surface area (Å²) in [4.78, 5) is 27.6. The van der Waals surface area contributed by atoms with Crippen molar-refractivity contribution in [2.45, 2.75) is 66.1 Å². The molecule has 1 unspecified atom stereocenters. The van der Waals surface area contributed by atoms with Gasteiger partial charge in [0.05, 0.1) is 11.9 Å². The lowest BCUT2D eigenvalue weighted by Crippen LogP contribution is -2.49. The second kappa shape index (κ2) is 12.4. The number of amides is 2. The van der Waals surface area contributed by atoms with Crippen LogP contribution >= 0.6 is 11.6 Å². The number of benzene rings is 2. The van der Waals surface area contributed by atoms with Crippen LogP contribution in [0.5, 0.6) is 0 Å². The predicted octanol–water partition coefficient (Wildman–Crippen LogP) is 4.44. The first-order valence-electron chi connectivity index (χ1n) is 11.7. The molecule has 2 aromatic rings. The van der Waals surface area contributed by atoms with Crippen LogP contribution < -0.4 is 9.62 Å². The molecule has 0 heterocycles. The van der Waals surface area contributed by atoms with Gasteiger partial charge in [0, 0.05) is 30.6 Å². The number of carbonyl (C=O) groups excluding carboxylic acids is 2. The fourth-order valence-electron chi connectivity index (χ4n) is 3.83. The number of hydrogen-bond acceptors (Lipinski definition) is 4. The zero-order chi connectivity index (χ0) is 26.3. The normalized spacial score (nSPS) is 12.3. The summed E-state index contributed by atoms with van der Waals surface area (Å²) in [7, 11) is -3.59. The van der Waals surface area contributed by atoms with Crippen molar-refractivity contribution < 1.29 is 18.0 Å². The summed E-state index contributed by atoms with van der Waals surface area (Å²) >= 11 is 6.11. The minimum atomic E-state index is -3.59. The number of sulfonamides is 1. The summed E-state index contributed by atoms with van der Waals surface area (Å²) < 4.78 is 26.3. The van der Waals surface area contributed by atoms with Crippen molar-refractivity contribution >= 4 is 39.1 Å². The molecule has 0 radical (unpaired) electrons. The van der Waals surface area contributed by atoms with Crippen LogP contribution in [0.2, 0.25) is 5.02 Å². The lowest BCUT2D eigenvalue weighted by molar-refractivity contribution is -0.140. The van der Waals surface area contributed by atoms with E-state index in [-0.39, 0.29) is 37.4 Å². The van der Waals surface area contributed by atoms with Gasteiger partial charge in [0.15, 0.2) is 0 Å². The average Bonchev–Trinajstić information content (AvgIpc) is 2.75. The highest BCUT2D eigenvalue weighted by Gasteiger charge is 2.27. The highest BCUT2D eigenvalue weighted by Crippen LogP contribution is 2.27. The first-order chi connectivity index (χ1) is 16.3. The van der Waals surface area contributed by atoms with E-state index in [0.29, 0.717) is 17.1 Å². The Kier molecular flexibility index (Phi) is 10.2. The van der Waals surface area contributed by atoms with E-state index in [0.717, 1.165) is 22.9 Å². The van der Waals surface area contributed by atoms with Crippen LogP contribution in [0.1, 0.15) is 50.3 Å². The maximum Gasteiger partial charge on any atom is 0.242 e. The van der Waals surface area contributed by atoms with Crippen molar-refractivity contribution in [3.63, 3.8) is 0 Å². The fourth-order valence-corrected chi connectivity index (χ4v) is 5.01. The largest absolute Gasteiger partial charge is 0.352 e. The summed E-state index contributed by atoms with van der Waals surface area (Å²) in [5, 5.41) is 3.30. The number of nitrogens with one attached hydrogen (secondary N) is 1. The molecule has 9 heteroatoms. The molecule has 0 fully saturated rings. The Morgan fingerprint density at radius 2 is 1.74 bits per heavy atom. The van der Waals surface area contributed by atoms with E-state index in [1.165, 1.54) is 4.31 Å². The fraction of sp³-hybridized carbons (Fsp3) is 0.462. The molecule has 0 aliphatic rings. The van der Waals surface area contributed by atoms with E-state index in [2.05, 4.69) is 5.32 Å². The molecule has 0 aliphatic heterocycles. The van der Waals surface area contributed by atoms with Crippen LogP contribution in [-0.2, 0) is 26.2 Å². The molecule has 0 saturated carbocycles. The third-order valence-corrected chi connectivity index (χ3v) is 7.04. The van der Waals surface area contributed by atoms with E-state index in [1.54, 1.807) is 30.0 Å². The van der Waals surface area contributed by atoms with E-state index in [1.807, 2.05) is 52.0 Å². The first kappa shape index (κ1) is 28.7. The highest BCUT2D eigenvalue weighted by atomic mass is 35.5. The van der Waals surface area contributed by atoms with Gasteiger partial charge in [-0.05, 0) is 64.3 Å². The monoisotopic (exact) mass is 521 g/mol. The number of rotatable bonds is 11. The van der Waals surface area contributed by atoms with Crippen molar-refractivity contribution in [1.29, 1.82) is 0 Å². The molecule has 2 rings (SSSR count). The molecule has 2 aromatic carbocycles. The smallest absolute Gasteiger partial charge is 0.242 e. The van der Waals surface area contributed by atoms with Crippen molar-refractivity contribution in [2.24, 2.45) is 0 Å². The van der Waals surface area contributed by atoms with Gasteiger partial charge in [-0.15, -0.1) is 0 Å². The Labute approximate surface area is 214 Å². The third kappa shape index (κ3) is 8.54. The summed E-state index contributed by atoms with van der Waals surface area (Å²) in [6, 6.07) is 12.2. The maximum absolute atomic E-state index is 13.3.